The van der Waals surface area contributed by atoms with E-state index < -0.39 is 5.60 Å². The first kappa shape index (κ1) is 14.7. The number of hydrogen-bond acceptors (Lipinski definition) is 8. The van der Waals surface area contributed by atoms with Gasteiger partial charge < -0.3 is 20.9 Å². The molecule has 0 saturated carbocycles. The van der Waals surface area contributed by atoms with Crippen molar-refractivity contribution in [2.24, 2.45) is 0 Å². The van der Waals surface area contributed by atoms with Crippen LogP contribution < -0.4 is 11.1 Å². The molecule has 3 rings (SSSR count). The highest BCUT2D eigenvalue weighted by Gasteiger charge is 2.39. The normalized spacial score (nSPS) is 25.4. The van der Waals surface area contributed by atoms with Crippen molar-refractivity contribution in [3.8, 4) is 10.6 Å². The number of nitrogen functional groups attached to an aromatic ring is 1. The van der Waals surface area contributed by atoms with Crippen LogP contribution in [0.2, 0.25) is 0 Å². The van der Waals surface area contributed by atoms with E-state index >= 15 is 0 Å². The summed E-state index contributed by atoms with van der Waals surface area (Å²) in [5, 5.41) is 17.5. The van der Waals surface area contributed by atoms with Gasteiger partial charge in [-0.25, -0.2) is 4.98 Å². The summed E-state index contributed by atoms with van der Waals surface area (Å²) in [6, 6.07) is 0. The van der Waals surface area contributed by atoms with E-state index in [1.165, 1.54) is 11.5 Å². The van der Waals surface area contributed by atoms with E-state index in [9.17, 15) is 5.11 Å². The number of hydrogen-bond donors (Lipinski definition) is 3. The van der Waals surface area contributed by atoms with Gasteiger partial charge in [0.2, 0.25) is 0 Å². The summed E-state index contributed by atoms with van der Waals surface area (Å²) in [6.45, 7) is 4.83. The molecule has 0 aliphatic carbocycles. The van der Waals surface area contributed by atoms with Crippen molar-refractivity contribution in [2.75, 3.05) is 24.2 Å². The topological polar surface area (TPSA) is 93.3 Å². The molecule has 2 unspecified atom stereocenters. The fraction of sp³-hybridized carbons (Fsp3) is 0.538. The standard InChI is InChI=1S/C13H18N4O2S2/c1-7-5-20-12(16-7)9-10(14)17-21-11(9)15-6-13(18)3-4-19-8(13)2/h5,8,15,18H,3-4,6H2,1-2H3,(H2,14,17). The predicted molar refractivity (Wildman–Crippen MR) is 85.8 cm³/mol. The summed E-state index contributed by atoms with van der Waals surface area (Å²) >= 11 is 2.83. The van der Waals surface area contributed by atoms with Gasteiger partial charge in [0, 0.05) is 30.6 Å². The van der Waals surface area contributed by atoms with Crippen molar-refractivity contribution in [3.63, 3.8) is 0 Å². The molecule has 0 radical (unpaired) electrons. The Morgan fingerprint density at radius 1 is 1.62 bits per heavy atom. The molecule has 0 amide bonds. The van der Waals surface area contributed by atoms with Crippen LogP contribution >= 0.6 is 22.9 Å². The SMILES string of the molecule is Cc1csc(-c2c(N)nsc2NCC2(O)CCOC2C)n1. The molecule has 3 heterocycles. The fourth-order valence-corrected chi connectivity index (χ4v) is 3.97. The maximum absolute atomic E-state index is 10.5. The van der Waals surface area contributed by atoms with Crippen molar-refractivity contribution in [2.45, 2.75) is 32.0 Å². The summed E-state index contributed by atoms with van der Waals surface area (Å²) in [5.41, 5.74) is 6.90. The minimum absolute atomic E-state index is 0.180. The number of ether oxygens (including phenoxy) is 1. The molecule has 1 aliphatic heterocycles. The molecule has 1 saturated heterocycles. The Kier molecular flexibility index (Phi) is 3.87. The van der Waals surface area contributed by atoms with Gasteiger partial charge in [0.05, 0.1) is 11.7 Å². The molecular weight excluding hydrogens is 308 g/mol. The molecule has 2 aromatic heterocycles. The Labute approximate surface area is 131 Å². The lowest BCUT2D eigenvalue weighted by Gasteiger charge is -2.26. The van der Waals surface area contributed by atoms with Crippen LogP contribution in [0.4, 0.5) is 10.8 Å². The van der Waals surface area contributed by atoms with Gasteiger partial charge in [0.1, 0.15) is 21.4 Å². The third kappa shape index (κ3) is 2.76. The average molecular weight is 326 g/mol. The van der Waals surface area contributed by atoms with Crippen LogP contribution in [-0.4, -0.2) is 39.3 Å². The molecule has 6 nitrogen and oxygen atoms in total. The number of aromatic nitrogens is 2. The molecule has 0 bridgehead atoms. The molecule has 8 heteroatoms. The zero-order chi connectivity index (χ0) is 15.0. The molecule has 1 aliphatic rings. The molecule has 2 aromatic rings. The van der Waals surface area contributed by atoms with Crippen LogP contribution in [0, 0.1) is 6.92 Å². The molecule has 21 heavy (non-hydrogen) atoms. The second-order valence-electron chi connectivity index (χ2n) is 5.29. The number of rotatable bonds is 4. The van der Waals surface area contributed by atoms with Gasteiger partial charge in [-0.3, -0.25) is 0 Å². The van der Waals surface area contributed by atoms with E-state index in [0.717, 1.165) is 21.3 Å². The first-order valence-corrected chi connectivity index (χ1v) is 8.40. The average Bonchev–Trinajstić information content (AvgIpc) is 3.10. The van der Waals surface area contributed by atoms with Crippen molar-refractivity contribution in [3.05, 3.63) is 11.1 Å². The summed E-state index contributed by atoms with van der Waals surface area (Å²) in [4.78, 5) is 4.46. The van der Waals surface area contributed by atoms with Crippen LogP contribution in [0.25, 0.3) is 10.6 Å². The van der Waals surface area contributed by atoms with Gasteiger partial charge >= 0.3 is 0 Å². The zero-order valence-electron chi connectivity index (χ0n) is 11.9. The van der Waals surface area contributed by atoms with Crippen molar-refractivity contribution in [1.29, 1.82) is 0 Å². The van der Waals surface area contributed by atoms with Gasteiger partial charge in [0.25, 0.3) is 0 Å². The first-order valence-electron chi connectivity index (χ1n) is 6.75. The van der Waals surface area contributed by atoms with Crippen LogP contribution in [-0.2, 0) is 4.74 Å². The van der Waals surface area contributed by atoms with Crippen LogP contribution in [0.15, 0.2) is 5.38 Å². The summed E-state index contributed by atoms with van der Waals surface area (Å²) in [5.74, 6) is 0.472. The Morgan fingerprint density at radius 2 is 2.43 bits per heavy atom. The summed E-state index contributed by atoms with van der Waals surface area (Å²) in [7, 11) is 0. The highest BCUT2D eigenvalue weighted by molar-refractivity contribution is 7.15. The number of anilines is 2. The molecule has 2 atom stereocenters. The number of nitrogens with two attached hydrogens (primary N) is 1. The summed E-state index contributed by atoms with van der Waals surface area (Å²) < 4.78 is 9.64. The maximum Gasteiger partial charge on any atom is 0.149 e. The Morgan fingerprint density at radius 3 is 3.05 bits per heavy atom. The zero-order valence-corrected chi connectivity index (χ0v) is 13.6. The van der Waals surface area contributed by atoms with E-state index in [4.69, 9.17) is 10.5 Å². The number of thiazole rings is 1. The lowest BCUT2D eigenvalue weighted by Crippen LogP contribution is -2.42. The largest absolute Gasteiger partial charge is 0.385 e. The third-order valence-electron chi connectivity index (χ3n) is 3.77. The highest BCUT2D eigenvalue weighted by atomic mass is 32.1. The lowest BCUT2D eigenvalue weighted by molar-refractivity contribution is -0.0175. The monoisotopic (exact) mass is 326 g/mol. The van der Waals surface area contributed by atoms with Gasteiger partial charge in [-0.2, -0.15) is 4.37 Å². The van der Waals surface area contributed by atoms with Crippen molar-refractivity contribution in [1.82, 2.24) is 9.36 Å². The molecule has 1 fully saturated rings. The fourth-order valence-electron chi connectivity index (χ4n) is 2.33. The lowest BCUT2D eigenvalue weighted by atomic mass is 9.97. The van der Waals surface area contributed by atoms with E-state index in [-0.39, 0.29) is 6.10 Å². The molecule has 0 aromatic carbocycles. The van der Waals surface area contributed by atoms with E-state index in [0.29, 0.717) is 25.4 Å². The molecule has 114 valence electrons. The minimum atomic E-state index is -0.852. The number of aryl methyl sites for hydroxylation is 1. The van der Waals surface area contributed by atoms with Crippen LogP contribution in [0.1, 0.15) is 19.0 Å². The molecule has 0 spiro atoms. The number of nitrogens with zero attached hydrogens (tertiary/aromatic N) is 2. The van der Waals surface area contributed by atoms with E-state index in [1.54, 1.807) is 11.3 Å². The number of aliphatic hydroxyl groups is 1. The van der Waals surface area contributed by atoms with Gasteiger partial charge in [-0.1, -0.05) is 0 Å². The van der Waals surface area contributed by atoms with E-state index in [1.807, 2.05) is 19.2 Å². The second kappa shape index (κ2) is 5.53. The van der Waals surface area contributed by atoms with Gasteiger partial charge in [-0.15, -0.1) is 11.3 Å². The van der Waals surface area contributed by atoms with Gasteiger partial charge in [-0.05, 0) is 25.4 Å². The Hall–Kier alpha value is -1.22. The third-order valence-corrected chi connectivity index (χ3v) is 5.56. The second-order valence-corrected chi connectivity index (χ2v) is 6.92. The minimum Gasteiger partial charge on any atom is -0.385 e. The van der Waals surface area contributed by atoms with E-state index in [2.05, 4.69) is 14.7 Å². The Bertz CT molecular complexity index is 642. The Balaban J connectivity index is 1.81. The van der Waals surface area contributed by atoms with Gasteiger partial charge in [0.15, 0.2) is 0 Å². The molecular formula is C13H18N4O2S2. The van der Waals surface area contributed by atoms with Crippen LogP contribution in [0.5, 0.6) is 0 Å². The maximum atomic E-state index is 10.5. The quantitative estimate of drug-likeness (QED) is 0.797. The predicted octanol–water partition coefficient (Wildman–Crippen LogP) is 2.11. The molecule has 4 N–H and O–H groups in total. The van der Waals surface area contributed by atoms with Crippen molar-refractivity contribution < 1.29 is 9.84 Å². The highest BCUT2D eigenvalue weighted by Crippen LogP contribution is 2.39. The number of nitrogens with one attached hydrogen (secondary N) is 1. The van der Waals surface area contributed by atoms with Crippen molar-refractivity contribution >= 4 is 33.7 Å². The van der Waals surface area contributed by atoms with Crippen LogP contribution in [0.3, 0.4) is 0 Å². The summed E-state index contributed by atoms with van der Waals surface area (Å²) in [6.07, 6.45) is 0.446. The first-order chi connectivity index (χ1) is 9.99. The smallest absolute Gasteiger partial charge is 0.149 e.